The summed E-state index contributed by atoms with van der Waals surface area (Å²) in [5.74, 6) is -2.62. The number of carbonyl (C=O) groups is 4. The summed E-state index contributed by atoms with van der Waals surface area (Å²) in [7, 11) is -3.85. The van der Waals surface area contributed by atoms with Gasteiger partial charge in [0.15, 0.2) is 0 Å². The molecule has 250 valence electrons. The molecule has 46 heavy (non-hydrogen) atoms. The number of hydrogen-bond donors (Lipinski definition) is 2. The van der Waals surface area contributed by atoms with Gasteiger partial charge in [0, 0.05) is 30.4 Å². The Morgan fingerprint density at radius 3 is 2.67 bits per heavy atom. The van der Waals surface area contributed by atoms with Crippen LogP contribution in [0.4, 0.5) is 9.18 Å². The topological polar surface area (TPSA) is 142 Å². The maximum atomic E-state index is 14.3. The number of halogens is 1. The second-order valence-corrected chi connectivity index (χ2v) is 15.4. The number of hydrogen-bond acceptors (Lipinski definition) is 7. The molecule has 3 fully saturated rings. The molecule has 0 aromatic heterocycles. The van der Waals surface area contributed by atoms with Gasteiger partial charge < -0.3 is 15.0 Å². The van der Waals surface area contributed by atoms with Crippen LogP contribution in [-0.4, -0.2) is 71.5 Å². The van der Waals surface area contributed by atoms with Gasteiger partial charge in [0.05, 0.1) is 18.3 Å². The number of nitrogens with zero attached hydrogens (tertiary/aromatic N) is 2. The van der Waals surface area contributed by atoms with E-state index in [-0.39, 0.29) is 56.0 Å². The predicted molar refractivity (Wildman–Crippen MR) is 166 cm³/mol. The van der Waals surface area contributed by atoms with Gasteiger partial charge in [0.25, 0.3) is 5.91 Å². The van der Waals surface area contributed by atoms with Crippen LogP contribution in [0.3, 0.4) is 0 Å². The van der Waals surface area contributed by atoms with E-state index in [0.29, 0.717) is 36.8 Å². The van der Waals surface area contributed by atoms with E-state index < -0.39 is 50.9 Å². The molecule has 5 aliphatic rings. The molecule has 2 saturated carbocycles. The Kier molecular flexibility index (Phi) is 9.15. The largest absolute Gasteiger partial charge is 0.444 e. The van der Waals surface area contributed by atoms with Crippen LogP contribution in [0.1, 0.15) is 88.7 Å². The molecule has 2 aliphatic carbocycles. The Bertz CT molecular complexity index is 1530. The molecule has 3 aliphatic heterocycles. The van der Waals surface area contributed by atoms with E-state index in [0.717, 1.165) is 32.1 Å². The number of carbonyl (C=O) groups excluding carboxylic acids is 4. The molecule has 0 spiro atoms. The van der Waals surface area contributed by atoms with Crippen molar-refractivity contribution in [2.45, 2.75) is 114 Å². The third kappa shape index (κ3) is 6.65. The molecule has 6 rings (SSSR count). The average molecular weight is 659 g/mol. The third-order valence-corrected chi connectivity index (χ3v) is 11.9. The highest BCUT2D eigenvalue weighted by Gasteiger charge is 2.62. The molecule has 1 saturated heterocycles. The molecule has 5 atom stereocenters. The zero-order valence-corrected chi connectivity index (χ0v) is 27.0. The normalized spacial score (nSPS) is 30.7. The third-order valence-electron chi connectivity index (χ3n) is 10.0. The number of benzene rings is 1. The van der Waals surface area contributed by atoms with Gasteiger partial charge in [-0.3, -0.25) is 24.0 Å². The summed E-state index contributed by atoms with van der Waals surface area (Å²) >= 11 is 0. The first-order chi connectivity index (χ1) is 22.0. The van der Waals surface area contributed by atoms with Crippen molar-refractivity contribution in [3.8, 4) is 0 Å². The van der Waals surface area contributed by atoms with Crippen molar-refractivity contribution in [2.24, 2.45) is 11.8 Å². The molecule has 4 amide bonds. The second kappa shape index (κ2) is 13.0. The number of fused-ring (bicyclic) bond motifs is 3. The predicted octanol–water partition coefficient (Wildman–Crippen LogP) is 3.67. The van der Waals surface area contributed by atoms with Gasteiger partial charge in [-0.1, -0.05) is 50.5 Å². The number of nitrogens with one attached hydrogen (secondary N) is 2. The quantitative estimate of drug-likeness (QED) is 0.445. The SMILES string of the molecule is CCC[C@H]1CCCCC/C=C\[C@@H]2C[C@@]2(C(=O)NS(=O)(=O)C2CC2)NC(=O)[C@@H]2C[C@@H](OC(=O)N3Cc4cccc(F)c4C3)CN2C1=O. The lowest BCUT2D eigenvalue weighted by atomic mass is 9.94. The van der Waals surface area contributed by atoms with Gasteiger partial charge in [-0.15, -0.1) is 0 Å². The van der Waals surface area contributed by atoms with Crippen LogP contribution in [0.5, 0.6) is 0 Å². The number of rotatable bonds is 6. The molecular formula is C33H43FN4O7S. The number of ether oxygens (including phenoxy) is 1. The smallest absolute Gasteiger partial charge is 0.410 e. The van der Waals surface area contributed by atoms with Crippen molar-refractivity contribution >= 4 is 33.8 Å². The van der Waals surface area contributed by atoms with Gasteiger partial charge in [-0.25, -0.2) is 17.6 Å². The zero-order valence-electron chi connectivity index (χ0n) is 26.2. The van der Waals surface area contributed by atoms with Crippen molar-refractivity contribution < 1.29 is 36.7 Å². The van der Waals surface area contributed by atoms with Crippen molar-refractivity contribution in [3.05, 3.63) is 47.3 Å². The maximum Gasteiger partial charge on any atom is 0.410 e. The van der Waals surface area contributed by atoms with Crippen LogP contribution < -0.4 is 10.0 Å². The monoisotopic (exact) mass is 658 g/mol. The molecule has 3 heterocycles. The van der Waals surface area contributed by atoms with E-state index in [2.05, 4.69) is 10.0 Å². The van der Waals surface area contributed by atoms with Crippen LogP contribution in [0.15, 0.2) is 30.4 Å². The van der Waals surface area contributed by atoms with Gasteiger partial charge >= 0.3 is 6.09 Å². The average Bonchev–Trinajstić information content (AvgIpc) is 3.90. The van der Waals surface area contributed by atoms with Crippen LogP contribution in [0.25, 0.3) is 0 Å². The van der Waals surface area contributed by atoms with Crippen LogP contribution in [0.2, 0.25) is 0 Å². The van der Waals surface area contributed by atoms with Crippen molar-refractivity contribution in [1.82, 2.24) is 19.8 Å². The highest BCUT2D eigenvalue weighted by Crippen LogP contribution is 2.46. The summed E-state index contributed by atoms with van der Waals surface area (Å²) < 4.78 is 47.7. The van der Waals surface area contributed by atoms with Crippen molar-refractivity contribution in [2.75, 3.05) is 6.54 Å². The lowest BCUT2D eigenvalue weighted by molar-refractivity contribution is -0.143. The Morgan fingerprint density at radius 2 is 1.93 bits per heavy atom. The lowest BCUT2D eigenvalue weighted by Crippen LogP contribution is -2.57. The molecule has 1 aromatic rings. The fraction of sp³-hybridized carbons (Fsp3) is 0.636. The molecule has 0 radical (unpaired) electrons. The van der Waals surface area contributed by atoms with Crippen LogP contribution >= 0.6 is 0 Å². The molecular weight excluding hydrogens is 615 g/mol. The van der Waals surface area contributed by atoms with Gasteiger partial charge in [-0.2, -0.15) is 0 Å². The van der Waals surface area contributed by atoms with E-state index in [1.54, 1.807) is 12.1 Å². The molecule has 0 bridgehead atoms. The Hall–Kier alpha value is -3.48. The number of allylic oxidation sites excluding steroid dienone is 1. The number of sulfonamides is 1. The van der Waals surface area contributed by atoms with E-state index in [1.165, 1.54) is 15.9 Å². The van der Waals surface area contributed by atoms with E-state index in [4.69, 9.17) is 4.74 Å². The van der Waals surface area contributed by atoms with E-state index in [1.807, 2.05) is 19.1 Å². The maximum absolute atomic E-state index is 14.3. The van der Waals surface area contributed by atoms with Gasteiger partial charge in [-0.05, 0) is 56.6 Å². The summed E-state index contributed by atoms with van der Waals surface area (Å²) in [5.41, 5.74) is -0.308. The Balaban J connectivity index is 1.22. The summed E-state index contributed by atoms with van der Waals surface area (Å²) in [6.45, 7) is 2.28. The molecule has 0 unspecified atom stereocenters. The summed E-state index contributed by atoms with van der Waals surface area (Å²) in [5, 5.41) is 2.25. The highest BCUT2D eigenvalue weighted by atomic mass is 32.2. The highest BCUT2D eigenvalue weighted by molar-refractivity contribution is 7.91. The first-order valence-corrected chi connectivity index (χ1v) is 18.1. The van der Waals surface area contributed by atoms with Crippen molar-refractivity contribution in [3.63, 3.8) is 0 Å². The minimum absolute atomic E-state index is 0.0105. The first-order valence-electron chi connectivity index (χ1n) is 16.6. The lowest BCUT2D eigenvalue weighted by Gasteiger charge is -2.29. The molecule has 13 heteroatoms. The molecule has 11 nitrogen and oxygen atoms in total. The summed E-state index contributed by atoms with van der Waals surface area (Å²) in [6.07, 6.45) is 9.24. The van der Waals surface area contributed by atoms with Gasteiger partial charge in [0.2, 0.25) is 21.8 Å². The fourth-order valence-corrected chi connectivity index (χ4v) is 8.50. The summed E-state index contributed by atoms with van der Waals surface area (Å²) in [4.78, 5) is 57.6. The van der Waals surface area contributed by atoms with Crippen LogP contribution in [0, 0.1) is 17.7 Å². The second-order valence-electron chi connectivity index (χ2n) is 13.5. The number of amides is 4. The summed E-state index contributed by atoms with van der Waals surface area (Å²) in [6, 6.07) is 3.69. The van der Waals surface area contributed by atoms with Crippen LogP contribution in [-0.2, 0) is 42.2 Å². The molecule has 1 aromatic carbocycles. The standard InChI is InChI=1S/C33H43FN4O7S/c1-2-9-21-10-6-4-3-5-7-12-23-17-33(23,31(41)36-46(43,44)25-14-15-25)35-29(39)28-16-24(19-38(28)30(21)40)45-32(42)37-18-22-11-8-13-27(34)26(22)20-37/h7-8,11-13,21,23-25,28H,2-6,9-10,14-20H2,1H3,(H,35,39)(H,36,41)/b12-7-/t21-,23+,24+,28-,33+/m0/s1. The molecule has 2 N–H and O–H groups in total. The first kappa shape index (κ1) is 32.5. The Morgan fingerprint density at radius 1 is 1.13 bits per heavy atom. The van der Waals surface area contributed by atoms with E-state index >= 15 is 0 Å². The minimum atomic E-state index is -3.85. The van der Waals surface area contributed by atoms with E-state index in [9.17, 15) is 32.0 Å². The fourth-order valence-electron chi connectivity index (χ4n) is 7.13. The zero-order chi connectivity index (χ0) is 32.6. The van der Waals surface area contributed by atoms with Crippen molar-refractivity contribution in [1.29, 1.82) is 0 Å². The van der Waals surface area contributed by atoms with Gasteiger partial charge in [0.1, 0.15) is 23.5 Å². The Labute approximate surface area is 269 Å². The minimum Gasteiger partial charge on any atom is -0.444 e.